The first-order valence-corrected chi connectivity index (χ1v) is 6.79. The molecule has 0 aliphatic carbocycles. The van der Waals surface area contributed by atoms with Gasteiger partial charge in [0.1, 0.15) is 0 Å². The van der Waals surface area contributed by atoms with Gasteiger partial charge >= 0.3 is 0 Å². The maximum absolute atomic E-state index is 11.8. The van der Waals surface area contributed by atoms with Crippen molar-refractivity contribution in [3.05, 3.63) is 0 Å². The van der Waals surface area contributed by atoms with E-state index in [0.29, 0.717) is 12.5 Å². The summed E-state index contributed by atoms with van der Waals surface area (Å²) in [5.41, 5.74) is 0. The lowest BCUT2D eigenvalue weighted by Crippen LogP contribution is -2.49. The lowest BCUT2D eigenvalue weighted by atomic mass is 9.84. The smallest absolute Gasteiger partial charge is 0.237 e. The molecule has 0 aromatic carbocycles. The van der Waals surface area contributed by atoms with E-state index < -0.39 is 0 Å². The van der Waals surface area contributed by atoms with Crippen molar-refractivity contribution in [2.45, 2.75) is 45.6 Å². The zero-order valence-corrected chi connectivity index (χ0v) is 11.0. The number of nitrogens with one attached hydrogen (secondary N) is 2. The third-order valence-electron chi connectivity index (χ3n) is 3.67. The van der Waals surface area contributed by atoms with Crippen LogP contribution in [0.5, 0.6) is 0 Å². The van der Waals surface area contributed by atoms with Crippen LogP contribution in [0, 0.1) is 11.8 Å². The van der Waals surface area contributed by atoms with Crippen LogP contribution >= 0.6 is 0 Å². The van der Waals surface area contributed by atoms with E-state index >= 15 is 0 Å². The molecule has 1 amide bonds. The monoisotopic (exact) mass is 242 g/mol. The van der Waals surface area contributed by atoms with Crippen LogP contribution in [-0.4, -0.2) is 36.8 Å². The third kappa shape index (κ3) is 5.04. The Morgan fingerprint density at radius 1 is 1.59 bits per heavy atom. The summed E-state index contributed by atoms with van der Waals surface area (Å²) in [4.78, 5) is 11.8. The first-order valence-electron chi connectivity index (χ1n) is 6.79. The molecule has 3 unspecified atom stereocenters. The number of amides is 1. The zero-order chi connectivity index (χ0) is 12.7. The van der Waals surface area contributed by atoms with Crippen molar-refractivity contribution in [1.29, 1.82) is 0 Å². The molecule has 1 heterocycles. The van der Waals surface area contributed by atoms with E-state index in [9.17, 15) is 4.79 Å². The predicted octanol–water partition coefficient (Wildman–Crippen LogP) is 0.899. The van der Waals surface area contributed by atoms with Crippen molar-refractivity contribution in [3.63, 3.8) is 0 Å². The second kappa shape index (κ2) is 7.67. The summed E-state index contributed by atoms with van der Waals surface area (Å²) in [7, 11) is 0. The summed E-state index contributed by atoms with van der Waals surface area (Å²) in [6.45, 7) is 5.79. The van der Waals surface area contributed by atoms with Crippen molar-refractivity contribution in [2.75, 3.05) is 19.7 Å². The minimum atomic E-state index is -0.0654. The standard InChI is InChI=1S/C13H26N2O2/c1-3-10(2)8-11-4-5-14-12(9-11)13(17)15-6-7-16/h10-12,14,16H,3-9H2,1-2H3,(H,15,17). The van der Waals surface area contributed by atoms with Crippen LogP contribution in [0.1, 0.15) is 39.5 Å². The molecule has 100 valence electrons. The van der Waals surface area contributed by atoms with Gasteiger partial charge in [0.15, 0.2) is 0 Å². The molecule has 0 saturated carbocycles. The highest BCUT2D eigenvalue weighted by molar-refractivity contribution is 5.81. The van der Waals surface area contributed by atoms with Gasteiger partial charge in [0.2, 0.25) is 5.91 Å². The second-order valence-corrected chi connectivity index (χ2v) is 5.16. The van der Waals surface area contributed by atoms with Gasteiger partial charge in [0, 0.05) is 6.54 Å². The molecule has 0 aromatic heterocycles. The average molecular weight is 242 g/mol. The Hall–Kier alpha value is -0.610. The summed E-state index contributed by atoms with van der Waals surface area (Å²) in [5.74, 6) is 1.45. The first kappa shape index (κ1) is 14.5. The summed E-state index contributed by atoms with van der Waals surface area (Å²) in [5, 5.41) is 14.7. The minimum absolute atomic E-state index is 0.00869. The van der Waals surface area contributed by atoms with E-state index in [2.05, 4.69) is 24.5 Å². The Bertz CT molecular complexity index is 233. The Morgan fingerprint density at radius 2 is 2.35 bits per heavy atom. The summed E-state index contributed by atoms with van der Waals surface area (Å²) >= 11 is 0. The molecule has 3 atom stereocenters. The highest BCUT2D eigenvalue weighted by Gasteiger charge is 2.27. The number of hydrogen-bond acceptors (Lipinski definition) is 3. The fourth-order valence-electron chi connectivity index (χ4n) is 2.45. The molecule has 0 aromatic rings. The Labute approximate surface area is 104 Å². The number of hydrogen-bond donors (Lipinski definition) is 3. The van der Waals surface area contributed by atoms with Crippen LogP contribution in [0.3, 0.4) is 0 Å². The minimum Gasteiger partial charge on any atom is -0.395 e. The van der Waals surface area contributed by atoms with Crippen LogP contribution in [0.15, 0.2) is 0 Å². The molecule has 1 fully saturated rings. The average Bonchev–Trinajstić information content (AvgIpc) is 2.36. The second-order valence-electron chi connectivity index (χ2n) is 5.16. The van der Waals surface area contributed by atoms with Crippen molar-refractivity contribution in [2.24, 2.45) is 11.8 Å². The number of aliphatic hydroxyl groups excluding tert-OH is 1. The summed E-state index contributed by atoms with van der Waals surface area (Å²) in [6.07, 6.45) is 4.54. The van der Waals surface area contributed by atoms with Gasteiger partial charge in [0.25, 0.3) is 0 Å². The molecule has 0 spiro atoms. The first-order chi connectivity index (χ1) is 8.17. The fraction of sp³-hybridized carbons (Fsp3) is 0.923. The van der Waals surface area contributed by atoms with Crippen molar-refractivity contribution in [1.82, 2.24) is 10.6 Å². The van der Waals surface area contributed by atoms with Crippen LogP contribution in [0.25, 0.3) is 0 Å². The van der Waals surface area contributed by atoms with Gasteiger partial charge < -0.3 is 15.7 Å². The van der Waals surface area contributed by atoms with Crippen LogP contribution in [0.2, 0.25) is 0 Å². The molecule has 0 bridgehead atoms. The highest BCUT2D eigenvalue weighted by atomic mass is 16.3. The lowest BCUT2D eigenvalue weighted by Gasteiger charge is -2.30. The van der Waals surface area contributed by atoms with Gasteiger partial charge in [-0.15, -0.1) is 0 Å². The van der Waals surface area contributed by atoms with Gasteiger partial charge in [-0.05, 0) is 37.6 Å². The topological polar surface area (TPSA) is 61.4 Å². The number of piperidine rings is 1. The molecular formula is C13H26N2O2. The Kier molecular flexibility index (Phi) is 6.52. The number of aliphatic hydroxyl groups is 1. The van der Waals surface area contributed by atoms with Gasteiger partial charge in [-0.1, -0.05) is 20.3 Å². The summed E-state index contributed by atoms with van der Waals surface area (Å²) < 4.78 is 0. The number of carbonyl (C=O) groups excluding carboxylic acids is 1. The summed E-state index contributed by atoms with van der Waals surface area (Å²) in [6, 6.07) is -0.0654. The van der Waals surface area contributed by atoms with E-state index in [1.807, 2.05) is 0 Å². The predicted molar refractivity (Wildman–Crippen MR) is 68.7 cm³/mol. The largest absolute Gasteiger partial charge is 0.395 e. The van der Waals surface area contributed by atoms with Gasteiger partial charge in [-0.3, -0.25) is 4.79 Å². The van der Waals surface area contributed by atoms with Crippen LogP contribution < -0.4 is 10.6 Å². The molecule has 4 nitrogen and oxygen atoms in total. The van der Waals surface area contributed by atoms with Crippen molar-refractivity contribution in [3.8, 4) is 0 Å². The maximum atomic E-state index is 11.8. The van der Waals surface area contributed by atoms with E-state index in [4.69, 9.17) is 5.11 Å². The molecule has 17 heavy (non-hydrogen) atoms. The van der Waals surface area contributed by atoms with Gasteiger partial charge in [-0.25, -0.2) is 0 Å². The van der Waals surface area contributed by atoms with Crippen LogP contribution in [0.4, 0.5) is 0 Å². The molecule has 4 heteroatoms. The van der Waals surface area contributed by atoms with Crippen molar-refractivity contribution >= 4 is 5.91 Å². The maximum Gasteiger partial charge on any atom is 0.237 e. The Balaban J connectivity index is 2.35. The SMILES string of the molecule is CCC(C)CC1CCNC(C(=O)NCCO)C1. The highest BCUT2D eigenvalue weighted by Crippen LogP contribution is 2.25. The quantitative estimate of drug-likeness (QED) is 0.648. The molecule has 0 radical (unpaired) electrons. The third-order valence-corrected chi connectivity index (χ3v) is 3.67. The number of rotatable bonds is 6. The normalized spacial score (nSPS) is 26.5. The zero-order valence-electron chi connectivity index (χ0n) is 11.0. The molecule has 1 rings (SSSR count). The van der Waals surface area contributed by atoms with Crippen LogP contribution in [-0.2, 0) is 4.79 Å². The molecule has 1 aliphatic heterocycles. The van der Waals surface area contributed by atoms with E-state index in [1.165, 1.54) is 19.3 Å². The molecule has 1 saturated heterocycles. The lowest BCUT2D eigenvalue weighted by molar-refractivity contribution is -0.124. The molecule has 3 N–H and O–H groups in total. The molecule has 1 aliphatic rings. The van der Waals surface area contributed by atoms with E-state index in [0.717, 1.165) is 18.9 Å². The van der Waals surface area contributed by atoms with Gasteiger partial charge in [-0.2, -0.15) is 0 Å². The number of carbonyl (C=O) groups is 1. The Morgan fingerprint density at radius 3 is 3.00 bits per heavy atom. The van der Waals surface area contributed by atoms with E-state index in [1.54, 1.807) is 0 Å². The van der Waals surface area contributed by atoms with Gasteiger partial charge in [0.05, 0.1) is 12.6 Å². The van der Waals surface area contributed by atoms with E-state index in [-0.39, 0.29) is 18.6 Å². The van der Waals surface area contributed by atoms with Crippen molar-refractivity contribution < 1.29 is 9.90 Å². The fourth-order valence-corrected chi connectivity index (χ4v) is 2.45. The molecular weight excluding hydrogens is 216 g/mol.